The fourth-order valence-electron chi connectivity index (χ4n) is 2.29. The smallest absolute Gasteiger partial charge is 0.254 e. The first-order valence-electron chi connectivity index (χ1n) is 6.94. The zero-order valence-corrected chi connectivity index (χ0v) is 12.3. The molecule has 0 aromatic rings. The predicted octanol–water partition coefficient (Wildman–Crippen LogP) is 1.55. The second-order valence-electron chi connectivity index (χ2n) is 4.85. The minimum Gasteiger partial charge on any atom is -0.332 e. The second kappa shape index (κ2) is 7.62. The number of carbonyl (C=O) groups excluding carboxylic acids is 3. The van der Waals surface area contributed by atoms with Crippen molar-refractivity contribution in [3.05, 3.63) is 23.3 Å². The van der Waals surface area contributed by atoms with Gasteiger partial charge in [0.15, 0.2) is 0 Å². The molecule has 1 aliphatic heterocycles. The van der Waals surface area contributed by atoms with E-state index in [2.05, 4.69) is 5.32 Å². The molecule has 1 N–H and O–H groups in total. The Labute approximate surface area is 119 Å². The van der Waals surface area contributed by atoms with E-state index < -0.39 is 0 Å². The van der Waals surface area contributed by atoms with Crippen LogP contribution in [0.25, 0.3) is 0 Å². The van der Waals surface area contributed by atoms with Crippen LogP contribution in [0, 0.1) is 0 Å². The summed E-state index contributed by atoms with van der Waals surface area (Å²) in [5.74, 6) is -0.280. The quantitative estimate of drug-likeness (QED) is 0.592. The largest absolute Gasteiger partial charge is 0.332 e. The average molecular weight is 278 g/mol. The summed E-state index contributed by atoms with van der Waals surface area (Å²) >= 11 is 0. The van der Waals surface area contributed by atoms with Crippen LogP contribution in [0.2, 0.25) is 0 Å². The summed E-state index contributed by atoms with van der Waals surface area (Å²) in [5.41, 5.74) is 1.82. The summed E-state index contributed by atoms with van der Waals surface area (Å²) in [5, 5.41) is 2.11. The third kappa shape index (κ3) is 3.79. The Kier molecular flexibility index (Phi) is 6.15. The number of amides is 3. The van der Waals surface area contributed by atoms with Gasteiger partial charge < -0.3 is 4.90 Å². The topological polar surface area (TPSA) is 66.5 Å². The van der Waals surface area contributed by atoms with Crippen LogP contribution in [0.5, 0.6) is 0 Å². The van der Waals surface area contributed by atoms with E-state index in [-0.39, 0.29) is 24.3 Å². The number of rotatable bonds is 6. The van der Waals surface area contributed by atoms with Crippen LogP contribution in [0.15, 0.2) is 23.3 Å². The predicted molar refractivity (Wildman–Crippen MR) is 76.7 cm³/mol. The van der Waals surface area contributed by atoms with Crippen molar-refractivity contribution in [3.8, 4) is 0 Å². The first-order chi connectivity index (χ1) is 9.54. The highest BCUT2D eigenvalue weighted by atomic mass is 16.2. The molecule has 1 unspecified atom stereocenters. The highest BCUT2D eigenvalue weighted by Crippen LogP contribution is 2.26. The van der Waals surface area contributed by atoms with Gasteiger partial charge in [0.2, 0.25) is 12.3 Å². The third-order valence-corrected chi connectivity index (χ3v) is 3.48. The van der Waals surface area contributed by atoms with Crippen LogP contribution in [0.4, 0.5) is 0 Å². The number of likely N-dealkylation sites (tertiary alicyclic amines) is 1. The molecule has 1 rings (SSSR count). The summed E-state index contributed by atoms with van der Waals surface area (Å²) in [6.07, 6.45) is 5.90. The molecule has 1 fully saturated rings. The van der Waals surface area contributed by atoms with E-state index >= 15 is 0 Å². The molecule has 0 aromatic carbocycles. The molecule has 0 saturated carbocycles. The van der Waals surface area contributed by atoms with Gasteiger partial charge in [-0.25, -0.2) is 0 Å². The lowest BCUT2D eigenvalue weighted by Gasteiger charge is -2.23. The van der Waals surface area contributed by atoms with E-state index in [1.165, 1.54) is 0 Å². The van der Waals surface area contributed by atoms with Gasteiger partial charge in [-0.1, -0.05) is 19.1 Å². The maximum atomic E-state index is 12.3. The van der Waals surface area contributed by atoms with E-state index in [0.717, 1.165) is 17.6 Å². The van der Waals surface area contributed by atoms with Crippen LogP contribution in [-0.4, -0.2) is 35.7 Å². The average Bonchev–Trinajstić information content (AvgIpc) is 2.74. The standard InChI is InChI=1S/C15H22N2O3/c1-4-6-13-12(5-2)9-17(15(13)20)11(3)7-8-14(19)16-10-18/h5-6,10-11H,4,7-9H2,1-3H3,(H,16,18,19)/b12-5-,13-6+. The highest BCUT2D eigenvalue weighted by Gasteiger charge is 2.32. The van der Waals surface area contributed by atoms with E-state index in [9.17, 15) is 14.4 Å². The fraction of sp³-hybridized carbons (Fsp3) is 0.533. The fourth-order valence-corrected chi connectivity index (χ4v) is 2.29. The molecule has 1 saturated heterocycles. The summed E-state index contributed by atoms with van der Waals surface area (Å²) in [6, 6.07) is -0.0300. The van der Waals surface area contributed by atoms with Gasteiger partial charge in [0.25, 0.3) is 5.91 Å². The maximum absolute atomic E-state index is 12.3. The second-order valence-corrected chi connectivity index (χ2v) is 4.85. The molecule has 20 heavy (non-hydrogen) atoms. The number of nitrogens with zero attached hydrogens (tertiary/aromatic N) is 1. The molecule has 1 heterocycles. The Morgan fingerprint density at radius 3 is 2.75 bits per heavy atom. The Morgan fingerprint density at radius 1 is 1.50 bits per heavy atom. The lowest BCUT2D eigenvalue weighted by atomic mass is 10.1. The van der Waals surface area contributed by atoms with Crippen molar-refractivity contribution < 1.29 is 14.4 Å². The Morgan fingerprint density at radius 2 is 2.20 bits per heavy atom. The number of carbonyl (C=O) groups is 3. The van der Waals surface area contributed by atoms with E-state index in [1.807, 2.05) is 32.9 Å². The Balaban J connectivity index is 2.68. The lowest BCUT2D eigenvalue weighted by molar-refractivity contribution is -0.129. The molecule has 0 aliphatic carbocycles. The van der Waals surface area contributed by atoms with Crippen molar-refractivity contribution in [3.63, 3.8) is 0 Å². The molecule has 0 radical (unpaired) electrons. The SMILES string of the molecule is C/C=C1/CN(C(C)CCC(=O)NC=O)C(=O)/C1=C/CC. The number of nitrogens with one attached hydrogen (secondary N) is 1. The first kappa shape index (κ1) is 16.1. The lowest BCUT2D eigenvalue weighted by Crippen LogP contribution is -2.35. The van der Waals surface area contributed by atoms with Gasteiger partial charge in [-0.15, -0.1) is 0 Å². The van der Waals surface area contributed by atoms with Crippen molar-refractivity contribution in [2.75, 3.05) is 6.54 Å². The normalized spacial score (nSPS) is 20.6. The molecule has 5 heteroatoms. The molecule has 0 spiro atoms. The first-order valence-corrected chi connectivity index (χ1v) is 6.94. The number of hydrogen-bond donors (Lipinski definition) is 1. The molecular weight excluding hydrogens is 256 g/mol. The molecule has 0 bridgehead atoms. The minimum absolute atomic E-state index is 0.0300. The van der Waals surface area contributed by atoms with E-state index in [0.29, 0.717) is 19.4 Å². The third-order valence-electron chi connectivity index (χ3n) is 3.48. The van der Waals surface area contributed by atoms with Crippen molar-refractivity contribution in [1.29, 1.82) is 0 Å². The van der Waals surface area contributed by atoms with Gasteiger partial charge in [-0.2, -0.15) is 0 Å². The zero-order valence-electron chi connectivity index (χ0n) is 12.3. The van der Waals surface area contributed by atoms with Gasteiger partial charge in [0.05, 0.1) is 0 Å². The van der Waals surface area contributed by atoms with Gasteiger partial charge >= 0.3 is 0 Å². The van der Waals surface area contributed by atoms with Crippen LogP contribution >= 0.6 is 0 Å². The maximum Gasteiger partial charge on any atom is 0.254 e. The Bertz CT molecular complexity index is 452. The molecule has 0 aromatic heterocycles. The van der Waals surface area contributed by atoms with Crippen LogP contribution in [0.3, 0.4) is 0 Å². The van der Waals surface area contributed by atoms with Crippen LogP contribution in [0.1, 0.15) is 40.0 Å². The summed E-state index contributed by atoms with van der Waals surface area (Å²) in [6.45, 7) is 6.45. The number of hydrogen-bond acceptors (Lipinski definition) is 3. The molecule has 3 amide bonds. The molecular formula is C15H22N2O3. The molecule has 5 nitrogen and oxygen atoms in total. The number of imide groups is 1. The van der Waals surface area contributed by atoms with Gasteiger partial charge in [-0.3, -0.25) is 19.7 Å². The zero-order chi connectivity index (χ0) is 15.1. The summed E-state index contributed by atoms with van der Waals surface area (Å²) < 4.78 is 0. The van der Waals surface area contributed by atoms with Crippen LogP contribution in [-0.2, 0) is 14.4 Å². The monoisotopic (exact) mass is 278 g/mol. The van der Waals surface area contributed by atoms with Crippen molar-refractivity contribution >= 4 is 18.2 Å². The Hall–Kier alpha value is -1.91. The molecule has 1 aliphatic rings. The minimum atomic E-state index is -0.311. The van der Waals surface area contributed by atoms with Crippen LogP contribution < -0.4 is 5.32 Å². The van der Waals surface area contributed by atoms with Gasteiger partial charge in [-0.05, 0) is 32.3 Å². The summed E-state index contributed by atoms with van der Waals surface area (Å²) in [7, 11) is 0. The van der Waals surface area contributed by atoms with E-state index in [4.69, 9.17) is 0 Å². The van der Waals surface area contributed by atoms with Gasteiger partial charge in [0, 0.05) is 24.6 Å². The van der Waals surface area contributed by atoms with Crippen molar-refractivity contribution in [1.82, 2.24) is 10.2 Å². The number of allylic oxidation sites excluding steroid dienone is 2. The highest BCUT2D eigenvalue weighted by molar-refractivity contribution is 6.01. The molecule has 110 valence electrons. The molecule has 1 atom stereocenters. The van der Waals surface area contributed by atoms with E-state index in [1.54, 1.807) is 4.90 Å². The van der Waals surface area contributed by atoms with Crippen molar-refractivity contribution in [2.45, 2.75) is 46.1 Å². The summed E-state index contributed by atoms with van der Waals surface area (Å²) in [4.78, 5) is 35.5. The van der Waals surface area contributed by atoms with Crippen molar-refractivity contribution in [2.24, 2.45) is 0 Å². The van der Waals surface area contributed by atoms with Gasteiger partial charge in [0.1, 0.15) is 0 Å².